The van der Waals surface area contributed by atoms with E-state index >= 15 is 0 Å². The number of thiophene rings is 1. The molecule has 0 amide bonds. The van der Waals surface area contributed by atoms with Crippen LogP contribution in [0.4, 0.5) is 10.7 Å². The third-order valence-electron chi connectivity index (χ3n) is 4.80. The molecule has 4 nitrogen and oxygen atoms in total. The van der Waals surface area contributed by atoms with E-state index in [9.17, 15) is 4.79 Å². The van der Waals surface area contributed by atoms with Gasteiger partial charge in [-0.2, -0.15) is 0 Å². The molecule has 3 rings (SSSR count). The van der Waals surface area contributed by atoms with Crippen molar-refractivity contribution in [3.05, 3.63) is 10.4 Å². The fourth-order valence-electron chi connectivity index (χ4n) is 3.23. The third kappa shape index (κ3) is 2.76. The first kappa shape index (κ1) is 14.7. The van der Waals surface area contributed by atoms with Gasteiger partial charge in [-0.3, -0.25) is 0 Å². The molecule has 0 aromatic carbocycles. The van der Waals surface area contributed by atoms with Gasteiger partial charge in [0.1, 0.15) is 4.88 Å². The molecule has 5 heteroatoms. The van der Waals surface area contributed by atoms with Crippen molar-refractivity contribution in [2.45, 2.75) is 44.9 Å². The fraction of sp³-hybridized carbons (Fsp3) is 0.688. The van der Waals surface area contributed by atoms with Gasteiger partial charge in [-0.05, 0) is 37.5 Å². The summed E-state index contributed by atoms with van der Waals surface area (Å²) in [5.41, 5.74) is 8.15. The van der Waals surface area contributed by atoms with E-state index in [1.807, 2.05) is 0 Å². The summed E-state index contributed by atoms with van der Waals surface area (Å²) in [5.74, 6) is 1.11. The molecular formula is C16H24N2O2S. The number of nitrogens with zero attached hydrogens (tertiary/aromatic N) is 1. The Labute approximate surface area is 130 Å². The molecule has 2 fully saturated rings. The number of hydrogen-bond donors (Lipinski definition) is 1. The second kappa shape index (κ2) is 5.87. The van der Waals surface area contributed by atoms with Crippen LogP contribution in [0, 0.1) is 5.92 Å². The van der Waals surface area contributed by atoms with Gasteiger partial charge in [0.25, 0.3) is 0 Å². The number of nitrogens with two attached hydrogens (primary N) is 1. The maximum absolute atomic E-state index is 11.9. The van der Waals surface area contributed by atoms with Gasteiger partial charge in [-0.1, -0.05) is 13.3 Å². The van der Waals surface area contributed by atoms with Gasteiger partial charge in [-0.25, -0.2) is 4.79 Å². The highest BCUT2D eigenvalue weighted by Gasteiger charge is 2.35. The molecule has 1 aromatic rings. The highest BCUT2D eigenvalue weighted by molar-refractivity contribution is 7.18. The van der Waals surface area contributed by atoms with Crippen LogP contribution in [0.1, 0.15) is 60.2 Å². The number of carbonyl (C=O) groups excluding carboxylic acids is 1. The van der Waals surface area contributed by atoms with Crippen LogP contribution in [0.25, 0.3) is 0 Å². The monoisotopic (exact) mass is 308 g/mol. The SMILES string of the molecule is CCC1CCN(c2sc(C(=O)OC)c(N)c2C2CC2)CC1. The summed E-state index contributed by atoms with van der Waals surface area (Å²) < 4.78 is 4.88. The minimum Gasteiger partial charge on any atom is -0.465 e. The zero-order chi connectivity index (χ0) is 15.0. The molecule has 1 aliphatic carbocycles. The van der Waals surface area contributed by atoms with Crippen LogP contribution >= 0.6 is 11.3 Å². The van der Waals surface area contributed by atoms with Crippen molar-refractivity contribution in [1.29, 1.82) is 0 Å². The Hall–Kier alpha value is -1.23. The lowest BCUT2D eigenvalue weighted by Gasteiger charge is -2.33. The van der Waals surface area contributed by atoms with Gasteiger partial charge in [-0.15, -0.1) is 11.3 Å². The number of esters is 1. The quantitative estimate of drug-likeness (QED) is 0.863. The average Bonchev–Trinajstić information content (AvgIpc) is 3.30. The fourth-order valence-corrected chi connectivity index (χ4v) is 4.51. The number of anilines is 2. The molecule has 2 heterocycles. The molecule has 0 radical (unpaired) electrons. The normalized spacial score (nSPS) is 19.8. The molecule has 1 saturated heterocycles. The van der Waals surface area contributed by atoms with Crippen molar-refractivity contribution in [2.75, 3.05) is 30.8 Å². The predicted molar refractivity (Wildman–Crippen MR) is 87.3 cm³/mol. The minimum atomic E-state index is -0.297. The molecule has 2 N–H and O–H groups in total. The van der Waals surface area contributed by atoms with Crippen molar-refractivity contribution < 1.29 is 9.53 Å². The lowest BCUT2D eigenvalue weighted by atomic mass is 9.94. The number of carbonyl (C=O) groups is 1. The molecule has 116 valence electrons. The maximum atomic E-state index is 11.9. The van der Waals surface area contributed by atoms with E-state index in [2.05, 4.69) is 11.8 Å². The standard InChI is InChI=1S/C16H24N2O2S/c1-3-10-6-8-18(9-7-10)15-12(11-4-5-11)13(17)14(21-15)16(19)20-2/h10-11H,3-9,17H2,1-2H3. The summed E-state index contributed by atoms with van der Waals surface area (Å²) >= 11 is 1.53. The number of hydrogen-bond acceptors (Lipinski definition) is 5. The molecule has 0 atom stereocenters. The Morgan fingerprint density at radius 3 is 2.52 bits per heavy atom. The van der Waals surface area contributed by atoms with Gasteiger partial charge in [0.05, 0.1) is 17.8 Å². The number of ether oxygens (including phenoxy) is 1. The topological polar surface area (TPSA) is 55.6 Å². The Morgan fingerprint density at radius 1 is 1.33 bits per heavy atom. The van der Waals surface area contributed by atoms with Crippen LogP contribution in [-0.4, -0.2) is 26.2 Å². The van der Waals surface area contributed by atoms with Crippen LogP contribution in [0.15, 0.2) is 0 Å². The molecule has 0 unspecified atom stereocenters. The lowest BCUT2D eigenvalue weighted by Crippen LogP contribution is -2.33. The smallest absolute Gasteiger partial charge is 0.350 e. The molecule has 0 bridgehead atoms. The van der Waals surface area contributed by atoms with Crippen LogP contribution in [-0.2, 0) is 4.74 Å². The molecular weight excluding hydrogens is 284 g/mol. The van der Waals surface area contributed by atoms with Crippen LogP contribution < -0.4 is 10.6 Å². The molecule has 1 saturated carbocycles. The first-order valence-electron chi connectivity index (χ1n) is 7.91. The number of piperidine rings is 1. The number of nitrogen functional groups attached to an aromatic ring is 1. The van der Waals surface area contributed by atoms with Crippen molar-refractivity contribution >= 4 is 28.0 Å². The summed E-state index contributed by atoms with van der Waals surface area (Å²) in [4.78, 5) is 14.9. The second-order valence-electron chi connectivity index (χ2n) is 6.17. The van der Waals surface area contributed by atoms with E-state index in [1.54, 1.807) is 0 Å². The van der Waals surface area contributed by atoms with Gasteiger partial charge in [0.2, 0.25) is 0 Å². The Balaban J connectivity index is 1.89. The summed E-state index contributed by atoms with van der Waals surface area (Å²) in [7, 11) is 1.42. The van der Waals surface area contributed by atoms with Crippen molar-refractivity contribution in [1.82, 2.24) is 0 Å². The predicted octanol–water partition coefficient (Wildman–Crippen LogP) is 3.62. The van der Waals surface area contributed by atoms with Gasteiger partial charge in [0.15, 0.2) is 0 Å². The number of methoxy groups -OCH3 is 1. The highest BCUT2D eigenvalue weighted by atomic mass is 32.1. The van der Waals surface area contributed by atoms with E-state index in [0.717, 1.165) is 19.0 Å². The zero-order valence-electron chi connectivity index (χ0n) is 12.9. The van der Waals surface area contributed by atoms with Crippen molar-refractivity contribution in [3.63, 3.8) is 0 Å². The van der Waals surface area contributed by atoms with E-state index < -0.39 is 0 Å². The van der Waals surface area contributed by atoms with Crippen LogP contribution in [0.3, 0.4) is 0 Å². The summed E-state index contributed by atoms with van der Waals surface area (Å²) in [6.45, 7) is 4.44. The minimum absolute atomic E-state index is 0.297. The van der Waals surface area contributed by atoms with Crippen molar-refractivity contribution in [2.24, 2.45) is 5.92 Å². The van der Waals surface area contributed by atoms with E-state index in [1.165, 1.54) is 61.1 Å². The van der Waals surface area contributed by atoms with E-state index in [-0.39, 0.29) is 5.97 Å². The number of rotatable bonds is 4. The average molecular weight is 308 g/mol. The van der Waals surface area contributed by atoms with Crippen LogP contribution in [0.2, 0.25) is 0 Å². The molecule has 1 aromatic heterocycles. The Kier molecular flexibility index (Phi) is 4.11. The lowest BCUT2D eigenvalue weighted by molar-refractivity contribution is 0.0607. The molecule has 1 aliphatic heterocycles. The third-order valence-corrected chi connectivity index (χ3v) is 6.06. The van der Waals surface area contributed by atoms with Gasteiger partial charge in [0, 0.05) is 18.7 Å². The summed E-state index contributed by atoms with van der Waals surface area (Å²) in [6.07, 6.45) is 6.14. The van der Waals surface area contributed by atoms with Gasteiger partial charge < -0.3 is 15.4 Å². The first-order valence-corrected chi connectivity index (χ1v) is 8.72. The van der Waals surface area contributed by atoms with Crippen LogP contribution in [0.5, 0.6) is 0 Å². The zero-order valence-corrected chi connectivity index (χ0v) is 13.7. The Morgan fingerprint density at radius 2 is 2.00 bits per heavy atom. The molecule has 2 aliphatic rings. The Bertz CT molecular complexity index is 529. The molecule has 21 heavy (non-hydrogen) atoms. The maximum Gasteiger partial charge on any atom is 0.350 e. The summed E-state index contributed by atoms with van der Waals surface area (Å²) in [5, 5.41) is 1.23. The first-order chi connectivity index (χ1) is 10.2. The van der Waals surface area contributed by atoms with Gasteiger partial charge >= 0.3 is 5.97 Å². The van der Waals surface area contributed by atoms with E-state index in [4.69, 9.17) is 10.5 Å². The summed E-state index contributed by atoms with van der Waals surface area (Å²) in [6, 6.07) is 0. The largest absolute Gasteiger partial charge is 0.465 e. The van der Waals surface area contributed by atoms with Crippen molar-refractivity contribution in [3.8, 4) is 0 Å². The second-order valence-corrected chi connectivity index (χ2v) is 7.17. The molecule has 0 spiro atoms. The van der Waals surface area contributed by atoms with E-state index in [0.29, 0.717) is 16.5 Å². The highest BCUT2D eigenvalue weighted by Crippen LogP contribution is 2.52.